The van der Waals surface area contributed by atoms with E-state index in [1.165, 1.54) is 25.0 Å². The molecule has 1 unspecified atom stereocenters. The molecule has 0 aromatic carbocycles. The first-order chi connectivity index (χ1) is 15.6. The molecule has 1 aliphatic heterocycles. The summed E-state index contributed by atoms with van der Waals surface area (Å²) in [6, 6.07) is 0. The largest absolute Gasteiger partial charge is 0.462 e. The van der Waals surface area contributed by atoms with Crippen LogP contribution in [0.15, 0.2) is 35.1 Å². The third kappa shape index (κ3) is 3.44. The number of fused-ring (bicyclic) bond motifs is 5. The van der Waals surface area contributed by atoms with E-state index < -0.39 is 5.79 Å². The van der Waals surface area contributed by atoms with Crippen molar-refractivity contribution in [2.75, 3.05) is 13.2 Å². The molecule has 1 heterocycles. The second-order valence-electron chi connectivity index (χ2n) is 11.0. The van der Waals surface area contributed by atoms with E-state index in [4.69, 9.17) is 18.9 Å². The Morgan fingerprint density at radius 3 is 2.42 bits per heavy atom. The van der Waals surface area contributed by atoms with Gasteiger partial charge in [-0.25, -0.2) is 0 Å². The van der Waals surface area contributed by atoms with Crippen molar-refractivity contribution in [3.63, 3.8) is 0 Å². The van der Waals surface area contributed by atoms with Gasteiger partial charge < -0.3 is 18.9 Å². The monoisotopic (exact) mass is 456 g/mol. The van der Waals surface area contributed by atoms with Crippen molar-refractivity contribution in [1.82, 2.24) is 0 Å². The lowest BCUT2D eigenvalue weighted by Crippen LogP contribution is -2.57. The second kappa shape index (κ2) is 7.81. The summed E-state index contributed by atoms with van der Waals surface area (Å²) in [6.07, 6.45) is 10.9. The van der Waals surface area contributed by atoms with Gasteiger partial charge in [-0.05, 0) is 61.5 Å². The molecule has 0 bridgehead atoms. The minimum Gasteiger partial charge on any atom is -0.462 e. The fourth-order valence-corrected chi connectivity index (χ4v) is 7.73. The van der Waals surface area contributed by atoms with E-state index in [1.807, 2.05) is 6.92 Å². The summed E-state index contributed by atoms with van der Waals surface area (Å²) < 4.78 is 23.8. The van der Waals surface area contributed by atoms with Gasteiger partial charge in [-0.1, -0.05) is 31.6 Å². The molecule has 6 nitrogen and oxygen atoms in total. The number of hydrogen-bond acceptors (Lipinski definition) is 6. The van der Waals surface area contributed by atoms with Gasteiger partial charge in [0.1, 0.15) is 11.9 Å². The fraction of sp³-hybridized carbons (Fsp3) is 0.704. The van der Waals surface area contributed by atoms with Crippen molar-refractivity contribution in [2.24, 2.45) is 28.6 Å². The van der Waals surface area contributed by atoms with Crippen molar-refractivity contribution >= 4 is 11.9 Å². The molecule has 1 saturated heterocycles. The van der Waals surface area contributed by atoms with Crippen molar-refractivity contribution < 1.29 is 28.5 Å². The Bertz CT molecular complexity index is 954. The Morgan fingerprint density at radius 2 is 1.76 bits per heavy atom. The molecule has 180 valence electrons. The maximum Gasteiger partial charge on any atom is 0.307 e. The van der Waals surface area contributed by atoms with Crippen molar-refractivity contribution in [3.05, 3.63) is 35.1 Å². The summed E-state index contributed by atoms with van der Waals surface area (Å²) in [7, 11) is 0. The third-order valence-electron chi connectivity index (χ3n) is 9.29. The average molecular weight is 457 g/mol. The molecule has 0 radical (unpaired) electrons. The summed E-state index contributed by atoms with van der Waals surface area (Å²) in [5.41, 5.74) is 2.29. The van der Waals surface area contributed by atoms with E-state index in [1.54, 1.807) is 0 Å². The number of ether oxygens (including phenoxy) is 4. The Morgan fingerprint density at radius 1 is 1.03 bits per heavy atom. The van der Waals surface area contributed by atoms with Gasteiger partial charge >= 0.3 is 11.9 Å². The first-order valence-electron chi connectivity index (χ1n) is 12.3. The van der Waals surface area contributed by atoms with Crippen LogP contribution in [0.1, 0.15) is 66.7 Å². The molecule has 0 amide bonds. The summed E-state index contributed by atoms with van der Waals surface area (Å²) in [6.45, 7) is 10.8. The molecule has 0 N–H and O–H groups in total. The maximum atomic E-state index is 12.2. The van der Waals surface area contributed by atoms with Crippen LogP contribution in [0.4, 0.5) is 0 Å². The van der Waals surface area contributed by atoms with E-state index in [2.05, 4.69) is 32.1 Å². The Balaban J connectivity index is 1.53. The topological polar surface area (TPSA) is 71.1 Å². The van der Waals surface area contributed by atoms with E-state index >= 15 is 0 Å². The molecule has 1 saturated carbocycles. The lowest BCUT2D eigenvalue weighted by molar-refractivity contribution is -0.222. The summed E-state index contributed by atoms with van der Waals surface area (Å²) in [4.78, 5) is 23.7. The van der Waals surface area contributed by atoms with Crippen LogP contribution in [0.25, 0.3) is 0 Å². The van der Waals surface area contributed by atoms with Crippen LogP contribution in [-0.4, -0.2) is 37.0 Å². The average Bonchev–Trinajstić information content (AvgIpc) is 3.33. The zero-order valence-corrected chi connectivity index (χ0v) is 20.4. The summed E-state index contributed by atoms with van der Waals surface area (Å²) in [5.74, 6) is 0.445. The second-order valence-corrected chi connectivity index (χ2v) is 11.0. The van der Waals surface area contributed by atoms with Crippen LogP contribution >= 0.6 is 0 Å². The van der Waals surface area contributed by atoms with E-state index in [0.29, 0.717) is 25.0 Å². The molecule has 0 aromatic heterocycles. The molecule has 4 aliphatic carbocycles. The number of carbonyl (C=O) groups excluding carboxylic acids is 2. The van der Waals surface area contributed by atoms with Crippen LogP contribution in [0, 0.1) is 28.6 Å². The van der Waals surface area contributed by atoms with Gasteiger partial charge in [-0.3, -0.25) is 9.59 Å². The molecule has 6 atom stereocenters. The van der Waals surface area contributed by atoms with E-state index in [-0.39, 0.29) is 34.8 Å². The smallest absolute Gasteiger partial charge is 0.307 e. The standard InChI is InChI=1S/C27H36O6/c1-16(28)32-19-10-11-25(3)18(14-19)6-7-20-21-8-9-23(27(5)30-12-13-31-27)26(21,4)24(15-22(20)25)33-17(2)29/h6,8,14,20,22-24H,7,9-13,15H2,1-5H3/t20-,22-,23-,24?,25-,26-/m0/s1. The maximum absolute atomic E-state index is 12.2. The molecular weight excluding hydrogens is 420 g/mol. The van der Waals surface area contributed by atoms with Gasteiger partial charge in [0, 0.05) is 31.6 Å². The first-order valence-corrected chi connectivity index (χ1v) is 12.3. The number of rotatable bonds is 3. The minimum atomic E-state index is -0.662. The number of esters is 2. The molecular formula is C27H36O6. The molecule has 2 fully saturated rings. The van der Waals surface area contributed by atoms with Gasteiger partial charge in [0.2, 0.25) is 0 Å². The molecule has 0 spiro atoms. The molecule has 33 heavy (non-hydrogen) atoms. The highest BCUT2D eigenvalue weighted by Gasteiger charge is 2.64. The van der Waals surface area contributed by atoms with Gasteiger partial charge in [-0.15, -0.1) is 0 Å². The minimum absolute atomic E-state index is 0.0461. The van der Waals surface area contributed by atoms with Crippen LogP contribution < -0.4 is 0 Å². The van der Waals surface area contributed by atoms with Gasteiger partial charge in [0.25, 0.3) is 0 Å². The lowest BCUT2D eigenvalue weighted by Gasteiger charge is -2.58. The number of allylic oxidation sites excluding steroid dienone is 5. The highest BCUT2D eigenvalue weighted by molar-refractivity contribution is 5.67. The zero-order valence-electron chi connectivity index (χ0n) is 20.4. The van der Waals surface area contributed by atoms with Crippen LogP contribution in [0.5, 0.6) is 0 Å². The molecule has 5 aliphatic rings. The summed E-state index contributed by atoms with van der Waals surface area (Å²) >= 11 is 0. The third-order valence-corrected chi connectivity index (χ3v) is 9.29. The van der Waals surface area contributed by atoms with Crippen molar-refractivity contribution in [2.45, 2.75) is 78.6 Å². The quantitative estimate of drug-likeness (QED) is 0.447. The van der Waals surface area contributed by atoms with E-state index in [0.717, 1.165) is 37.9 Å². The van der Waals surface area contributed by atoms with Crippen molar-refractivity contribution in [3.8, 4) is 0 Å². The zero-order chi connectivity index (χ0) is 23.6. The Labute approximate surface area is 196 Å². The van der Waals surface area contributed by atoms with Crippen LogP contribution in [0.3, 0.4) is 0 Å². The normalized spacial score (nSPS) is 41.1. The van der Waals surface area contributed by atoms with Gasteiger partial charge in [0.15, 0.2) is 5.79 Å². The lowest BCUT2D eigenvalue weighted by atomic mass is 9.48. The highest BCUT2D eigenvalue weighted by atomic mass is 16.7. The highest BCUT2D eigenvalue weighted by Crippen LogP contribution is 2.66. The number of carbonyl (C=O) groups is 2. The van der Waals surface area contributed by atoms with E-state index in [9.17, 15) is 9.59 Å². The Kier molecular flexibility index (Phi) is 5.41. The molecule has 5 rings (SSSR count). The first kappa shape index (κ1) is 22.9. The SMILES string of the molecule is CC(=O)OC1=CC2=CC[C@H]3C4=CC[C@H](C5(C)OCCO5)[C@@]4(C)C(OC(C)=O)C[C@@H]3[C@@]2(C)CC1. The van der Waals surface area contributed by atoms with Gasteiger partial charge in [0.05, 0.1) is 13.2 Å². The molecule has 0 aromatic rings. The molecule has 6 heteroatoms. The predicted octanol–water partition coefficient (Wildman–Crippen LogP) is 4.85. The summed E-state index contributed by atoms with van der Waals surface area (Å²) in [5, 5.41) is 0. The predicted molar refractivity (Wildman–Crippen MR) is 122 cm³/mol. The van der Waals surface area contributed by atoms with Gasteiger partial charge in [-0.2, -0.15) is 0 Å². The van der Waals surface area contributed by atoms with Crippen molar-refractivity contribution in [1.29, 1.82) is 0 Å². The fourth-order valence-electron chi connectivity index (χ4n) is 7.73. The number of hydrogen-bond donors (Lipinski definition) is 0. The Hall–Kier alpha value is -1.92. The van der Waals surface area contributed by atoms with Crippen LogP contribution in [0.2, 0.25) is 0 Å². The van der Waals surface area contributed by atoms with Crippen LogP contribution in [-0.2, 0) is 28.5 Å².